The second-order valence-electron chi connectivity index (χ2n) is 6.33. The molecule has 1 saturated carbocycles. The molecule has 0 spiro atoms. The summed E-state index contributed by atoms with van der Waals surface area (Å²) in [4.78, 5) is 4.19. The predicted molar refractivity (Wildman–Crippen MR) is 80.0 cm³/mol. The third kappa shape index (κ3) is 2.50. The van der Waals surface area contributed by atoms with Crippen molar-refractivity contribution in [2.45, 2.75) is 45.7 Å². The summed E-state index contributed by atoms with van der Waals surface area (Å²) in [7, 11) is 0. The number of pyridine rings is 1. The second kappa shape index (κ2) is 4.93. The van der Waals surface area contributed by atoms with Crippen molar-refractivity contribution in [3.63, 3.8) is 0 Å². The quantitative estimate of drug-likeness (QED) is 0.898. The van der Waals surface area contributed by atoms with Crippen molar-refractivity contribution in [1.82, 2.24) is 10.3 Å². The SMILES string of the molecule is CC1(C)CCCC1NCc1cccc2cnccc12. The first-order chi connectivity index (χ1) is 9.17. The summed E-state index contributed by atoms with van der Waals surface area (Å²) in [5.74, 6) is 0. The van der Waals surface area contributed by atoms with Crippen LogP contribution in [-0.4, -0.2) is 11.0 Å². The summed E-state index contributed by atoms with van der Waals surface area (Å²) in [6.45, 7) is 5.71. The van der Waals surface area contributed by atoms with E-state index in [9.17, 15) is 0 Å². The molecule has 1 aliphatic rings. The molecule has 2 heteroatoms. The van der Waals surface area contributed by atoms with Crippen LogP contribution in [0.2, 0.25) is 0 Å². The van der Waals surface area contributed by atoms with Gasteiger partial charge < -0.3 is 5.32 Å². The molecule has 1 unspecified atom stereocenters. The smallest absolute Gasteiger partial charge is 0.0346 e. The lowest BCUT2D eigenvalue weighted by Gasteiger charge is -2.28. The Bertz CT molecular complexity index is 569. The molecular formula is C17H22N2. The van der Waals surface area contributed by atoms with E-state index in [1.807, 2.05) is 12.4 Å². The van der Waals surface area contributed by atoms with E-state index in [-0.39, 0.29) is 0 Å². The Morgan fingerprint density at radius 1 is 1.32 bits per heavy atom. The molecule has 19 heavy (non-hydrogen) atoms. The monoisotopic (exact) mass is 254 g/mol. The molecule has 2 aromatic rings. The summed E-state index contributed by atoms with van der Waals surface area (Å²) in [6.07, 6.45) is 7.82. The Hall–Kier alpha value is -1.41. The Morgan fingerprint density at radius 3 is 3.00 bits per heavy atom. The van der Waals surface area contributed by atoms with Gasteiger partial charge in [-0.1, -0.05) is 38.5 Å². The fourth-order valence-electron chi connectivity index (χ4n) is 3.28. The van der Waals surface area contributed by atoms with Gasteiger partial charge in [0.2, 0.25) is 0 Å². The van der Waals surface area contributed by atoms with Gasteiger partial charge in [0.05, 0.1) is 0 Å². The number of fused-ring (bicyclic) bond motifs is 1. The van der Waals surface area contributed by atoms with Crippen LogP contribution < -0.4 is 5.32 Å². The van der Waals surface area contributed by atoms with Gasteiger partial charge in [-0.25, -0.2) is 0 Å². The van der Waals surface area contributed by atoms with Crippen molar-refractivity contribution in [1.29, 1.82) is 0 Å². The van der Waals surface area contributed by atoms with E-state index in [4.69, 9.17) is 0 Å². The van der Waals surface area contributed by atoms with E-state index in [0.29, 0.717) is 11.5 Å². The number of hydrogen-bond donors (Lipinski definition) is 1. The van der Waals surface area contributed by atoms with Gasteiger partial charge in [-0.3, -0.25) is 4.98 Å². The maximum Gasteiger partial charge on any atom is 0.0346 e. The summed E-state index contributed by atoms with van der Waals surface area (Å²) in [5, 5.41) is 6.31. The van der Waals surface area contributed by atoms with Crippen LogP contribution in [0.25, 0.3) is 10.8 Å². The average Bonchev–Trinajstić information content (AvgIpc) is 2.75. The average molecular weight is 254 g/mol. The number of rotatable bonds is 3. The minimum Gasteiger partial charge on any atom is -0.309 e. The van der Waals surface area contributed by atoms with Crippen molar-refractivity contribution < 1.29 is 0 Å². The van der Waals surface area contributed by atoms with Crippen molar-refractivity contribution in [3.05, 3.63) is 42.2 Å². The van der Waals surface area contributed by atoms with Gasteiger partial charge in [0.15, 0.2) is 0 Å². The van der Waals surface area contributed by atoms with Gasteiger partial charge in [0.1, 0.15) is 0 Å². The fraction of sp³-hybridized carbons (Fsp3) is 0.471. The maximum absolute atomic E-state index is 4.19. The number of aromatic nitrogens is 1. The van der Waals surface area contributed by atoms with E-state index < -0.39 is 0 Å². The third-order valence-corrected chi connectivity index (χ3v) is 4.57. The molecule has 1 aromatic carbocycles. The lowest BCUT2D eigenvalue weighted by Crippen LogP contribution is -2.37. The number of nitrogens with zero attached hydrogens (tertiary/aromatic N) is 1. The van der Waals surface area contributed by atoms with Gasteiger partial charge in [-0.05, 0) is 35.3 Å². The minimum atomic E-state index is 0.437. The van der Waals surface area contributed by atoms with E-state index in [1.54, 1.807) is 0 Å². The lowest BCUT2D eigenvalue weighted by atomic mass is 9.87. The van der Waals surface area contributed by atoms with Crippen LogP contribution in [0.15, 0.2) is 36.7 Å². The standard InChI is InChI=1S/C17H22N2/c1-17(2)9-4-7-16(17)19-12-14-6-3-5-13-11-18-10-8-15(13)14/h3,5-6,8,10-11,16,19H,4,7,9,12H2,1-2H3. The van der Waals surface area contributed by atoms with Crippen LogP contribution in [0.4, 0.5) is 0 Å². The summed E-state index contributed by atoms with van der Waals surface area (Å²) in [6, 6.07) is 9.24. The summed E-state index contributed by atoms with van der Waals surface area (Å²) < 4.78 is 0. The zero-order valence-electron chi connectivity index (χ0n) is 11.8. The van der Waals surface area contributed by atoms with Crippen molar-refractivity contribution in [2.75, 3.05) is 0 Å². The van der Waals surface area contributed by atoms with Crippen LogP contribution in [0.1, 0.15) is 38.7 Å². The molecule has 0 bridgehead atoms. The van der Waals surface area contributed by atoms with E-state index >= 15 is 0 Å². The maximum atomic E-state index is 4.19. The van der Waals surface area contributed by atoms with E-state index in [2.05, 4.69) is 48.4 Å². The van der Waals surface area contributed by atoms with Crippen molar-refractivity contribution in [3.8, 4) is 0 Å². The zero-order chi connectivity index (χ0) is 13.3. The topological polar surface area (TPSA) is 24.9 Å². The highest BCUT2D eigenvalue weighted by Crippen LogP contribution is 2.37. The highest BCUT2D eigenvalue weighted by Gasteiger charge is 2.33. The Balaban J connectivity index is 1.79. The van der Waals surface area contributed by atoms with E-state index in [0.717, 1.165) is 6.54 Å². The van der Waals surface area contributed by atoms with Crippen LogP contribution in [0.3, 0.4) is 0 Å². The molecule has 0 amide bonds. The predicted octanol–water partition coefficient (Wildman–Crippen LogP) is 3.90. The third-order valence-electron chi connectivity index (χ3n) is 4.57. The van der Waals surface area contributed by atoms with Gasteiger partial charge in [-0.15, -0.1) is 0 Å². The molecule has 3 rings (SSSR count). The number of nitrogens with one attached hydrogen (secondary N) is 1. The minimum absolute atomic E-state index is 0.437. The molecule has 0 aliphatic heterocycles. The number of benzene rings is 1. The molecule has 1 atom stereocenters. The molecule has 1 N–H and O–H groups in total. The van der Waals surface area contributed by atoms with Gasteiger partial charge >= 0.3 is 0 Å². The van der Waals surface area contributed by atoms with Crippen LogP contribution in [-0.2, 0) is 6.54 Å². The molecule has 0 saturated heterocycles. The normalized spacial score (nSPS) is 21.9. The van der Waals surface area contributed by atoms with Crippen LogP contribution in [0, 0.1) is 5.41 Å². The largest absolute Gasteiger partial charge is 0.309 e. The van der Waals surface area contributed by atoms with Gasteiger partial charge in [0.25, 0.3) is 0 Å². The highest BCUT2D eigenvalue weighted by molar-refractivity contribution is 5.84. The van der Waals surface area contributed by atoms with Gasteiger partial charge in [-0.2, -0.15) is 0 Å². The van der Waals surface area contributed by atoms with Crippen molar-refractivity contribution >= 4 is 10.8 Å². The fourth-order valence-corrected chi connectivity index (χ4v) is 3.28. The molecule has 1 aliphatic carbocycles. The van der Waals surface area contributed by atoms with Crippen molar-refractivity contribution in [2.24, 2.45) is 5.41 Å². The van der Waals surface area contributed by atoms with E-state index in [1.165, 1.54) is 35.6 Å². The zero-order valence-corrected chi connectivity index (χ0v) is 11.8. The molecule has 1 fully saturated rings. The second-order valence-corrected chi connectivity index (χ2v) is 6.33. The number of hydrogen-bond acceptors (Lipinski definition) is 2. The molecular weight excluding hydrogens is 232 g/mol. The summed E-state index contributed by atoms with van der Waals surface area (Å²) in [5.41, 5.74) is 1.81. The highest BCUT2D eigenvalue weighted by atomic mass is 14.9. The van der Waals surface area contributed by atoms with Crippen LogP contribution in [0.5, 0.6) is 0 Å². The molecule has 1 heterocycles. The Morgan fingerprint density at radius 2 is 2.21 bits per heavy atom. The molecule has 2 nitrogen and oxygen atoms in total. The molecule has 0 radical (unpaired) electrons. The molecule has 100 valence electrons. The summed E-state index contributed by atoms with van der Waals surface area (Å²) >= 11 is 0. The first-order valence-corrected chi connectivity index (χ1v) is 7.22. The molecule has 1 aromatic heterocycles. The first-order valence-electron chi connectivity index (χ1n) is 7.22. The lowest BCUT2D eigenvalue weighted by molar-refractivity contribution is 0.283. The Kier molecular flexibility index (Phi) is 3.28. The first kappa shape index (κ1) is 12.6. The van der Waals surface area contributed by atoms with Gasteiger partial charge in [0, 0.05) is 30.4 Å². The van der Waals surface area contributed by atoms with Crippen LogP contribution >= 0.6 is 0 Å². The Labute approximate surface area is 115 Å².